The topological polar surface area (TPSA) is 82.5 Å². The van der Waals surface area contributed by atoms with Crippen LogP contribution in [0.5, 0.6) is 5.75 Å². The molecule has 1 amide bonds. The van der Waals surface area contributed by atoms with E-state index in [0.29, 0.717) is 12.8 Å². The van der Waals surface area contributed by atoms with E-state index < -0.39 is 11.4 Å². The number of nitrogens with one attached hydrogen (secondary N) is 1. The number of hydrogen-bond acceptors (Lipinski definition) is 4. The van der Waals surface area contributed by atoms with Crippen molar-refractivity contribution in [1.29, 1.82) is 0 Å². The SMILES string of the molecule is CCC(CC)(CO)NC(=O)c1ccncc1O. The molecule has 94 valence electrons. The second kappa shape index (κ2) is 5.63. The largest absolute Gasteiger partial charge is 0.505 e. The minimum atomic E-state index is -0.632. The van der Waals surface area contributed by atoms with E-state index in [-0.39, 0.29) is 17.9 Å². The molecule has 0 aliphatic carbocycles. The van der Waals surface area contributed by atoms with Crippen LogP contribution in [0.15, 0.2) is 18.5 Å². The molecule has 0 saturated heterocycles. The van der Waals surface area contributed by atoms with E-state index in [1.54, 1.807) is 0 Å². The standard InChI is InChI=1S/C12H18N2O3/c1-3-12(4-2,8-15)14-11(17)9-5-6-13-7-10(9)16/h5-7,15-16H,3-4,8H2,1-2H3,(H,14,17). The van der Waals surface area contributed by atoms with Gasteiger partial charge in [0.15, 0.2) is 0 Å². The van der Waals surface area contributed by atoms with Gasteiger partial charge in [0.1, 0.15) is 5.75 Å². The molecule has 1 aromatic heterocycles. The van der Waals surface area contributed by atoms with E-state index in [9.17, 15) is 15.0 Å². The van der Waals surface area contributed by atoms with Crippen LogP contribution in [0.25, 0.3) is 0 Å². The van der Waals surface area contributed by atoms with Crippen LogP contribution in [0, 0.1) is 0 Å². The highest BCUT2D eigenvalue weighted by atomic mass is 16.3. The van der Waals surface area contributed by atoms with Crippen molar-refractivity contribution in [1.82, 2.24) is 10.3 Å². The lowest BCUT2D eigenvalue weighted by atomic mass is 9.93. The summed E-state index contributed by atoms with van der Waals surface area (Å²) in [5.41, 5.74) is -0.466. The molecule has 0 aliphatic heterocycles. The van der Waals surface area contributed by atoms with E-state index in [0.717, 1.165) is 0 Å². The zero-order valence-electron chi connectivity index (χ0n) is 10.1. The number of aromatic nitrogens is 1. The third kappa shape index (κ3) is 2.94. The molecule has 0 saturated carbocycles. The molecule has 5 nitrogen and oxygen atoms in total. The normalized spacial score (nSPS) is 11.2. The summed E-state index contributed by atoms with van der Waals surface area (Å²) in [5.74, 6) is -0.563. The van der Waals surface area contributed by atoms with Crippen LogP contribution in [0.3, 0.4) is 0 Å². The molecule has 1 heterocycles. The number of aromatic hydroxyl groups is 1. The molecule has 3 N–H and O–H groups in total. The lowest BCUT2D eigenvalue weighted by Crippen LogP contribution is -2.50. The van der Waals surface area contributed by atoms with E-state index in [1.807, 2.05) is 13.8 Å². The first kappa shape index (κ1) is 13.4. The maximum absolute atomic E-state index is 11.9. The van der Waals surface area contributed by atoms with Crippen molar-refractivity contribution in [3.8, 4) is 5.75 Å². The molecule has 0 spiro atoms. The number of aliphatic hydroxyl groups excluding tert-OH is 1. The fraction of sp³-hybridized carbons (Fsp3) is 0.500. The summed E-state index contributed by atoms with van der Waals surface area (Å²) < 4.78 is 0. The molecule has 5 heteroatoms. The molecule has 0 unspecified atom stereocenters. The Morgan fingerprint density at radius 1 is 1.47 bits per heavy atom. The molecule has 1 rings (SSSR count). The smallest absolute Gasteiger partial charge is 0.255 e. The van der Waals surface area contributed by atoms with Gasteiger partial charge in [0, 0.05) is 6.20 Å². The van der Waals surface area contributed by atoms with Gasteiger partial charge in [-0.05, 0) is 18.9 Å². The van der Waals surface area contributed by atoms with E-state index >= 15 is 0 Å². The van der Waals surface area contributed by atoms with Crippen LogP contribution < -0.4 is 5.32 Å². The Labute approximate surface area is 101 Å². The van der Waals surface area contributed by atoms with Gasteiger partial charge in [-0.1, -0.05) is 13.8 Å². The lowest BCUT2D eigenvalue weighted by molar-refractivity contribution is 0.0815. The van der Waals surface area contributed by atoms with Crippen LogP contribution in [0.2, 0.25) is 0 Å². The summed E-state index contributed by atoms with van der Waals surface area (Å²) in [6.45, 7) is 3.66. The van der Waals surface area contributed by atoms with Crippen LogP contribution in [0.4, 0.5) is 0 Å². The molecule has 0 aliphatic rings. The second-order valence-electron chi connectivity index (χ2n) is 3.99. The van der Waals surface area contributed by atoms with Crippen LogP contribution >= 0.6 is 0 Å². The summed E-state index contributed by atoms with van der Waals surface area (Å²) >= 11 is 0. The Balaban J connectivity index is 2.89. The van der Waals surface area contributed by atoms with Crippen molar-refractivity contribution < 1.29 is 15.0 Å². The minimum Gasteiger partial charge on any atom is -0.505 e. The summed E-state index contributed by atoms with van der Waals surface area (Å²) in [4.78, 5) is 15.7. The molecule has 0 atom stereocenters. The number of rotatable bonds is 5. The van der Waals surface area contributed by atoms with Gasteiger partial charge in [-0.15, -0.1) is 0 Å². The van der Waals surface area contributed by atoms with Gasteiger partial charge in [-0.2, -0.15) is 0 Å². The minimum absolute atomic E-state index is 0.127. The zero-order chi connectivity index (χ0) is 12.9. The fourth-order valence-corrected chi connectivity index (χ4v) is 1.58. The fourth-order valence-electron chi connectivity index (χ4n) is 1.58. The second-order valence-corrected chi connectivity index (χ2v) is 3.99. The van der Waals surface area contributed by atoms with Crippen molar-refractivity contribution in [2.45, 2.75) is 32.2 Å². The molecular weight excluding hydrogens is 220 g/mol. The van der Waals surface area contributed by atoms with Crippen molar-refractivity contribution in [3.63, 3.8) is 0 Å². The van der Waals surface area contributed by atoms with Crippen LogP contribution in [-0.4, -0.2) is 33.3 Å². The average molecular weight is 238 g/mol. The zero-order valence-corrected chi connectivity index (χ0v) is 10.1. The van der Waals surface area contributed by atoms with Crippen molar-refractivity contribution in [2.24, 2.45) is 0 Å². The first-order chi connectivity index (χ1) is 8.08. The lowest BCUT2D eigenvalue weighted by Gasteiger charge is -2.30. The Morgan fingerprint density at radius 3 is 2.59 bits per heavy atom. The number of pyridine rings is 1. The number of carbonyl (C=O) groups excluding carboxylic acids is 1. The highest BCUT2D eigenvalue weighted by molar-refractivity contribution is 5.97. The van der Waals surface area contributed by atoms with Gasteiger partial charge in [0.2, 0.25) is 0 Å². The quantitative estimate of drug-likeness (QED) is 0.716. The summed E-state index contributed by atoms with van der Waals surface area (Å²) in [5, 5.41) is 21.6. The van der Waals surface area contributed by atoms with Crippen molar-refractivity contribution in [2.75, 3.05) is 6.61 Å². The third-order valence-corrected chi connectivity index (χ3v) is 3.08. The molecule has 0 bridgehead atoms. The van der Waals surface area contributed by atoms with Gasteiger partial charge >= 0.3 is 0 Å². The van der Waals surface area contributed by atoms with E-state index in [1.165, 1.54) is 18.5 Å². The van der Waals surface area contributed by atoms with Gasteiger partial charge < -0.3 is 15.5 Å². The Kier molecular flexibility index (Phi) is 4.45. The Hall–Kier alpha value is -1.62. The predicted molar refractivity (Wildman–Crippen MR) is 63.8 cm³/mol. The Morgan fingerprint density at radius 2 is 2.12 bits per heavy atom. The number of amides is 1. The number of nitrogens with zero attached hydrogens (tertiary/aromatic N) is 1. The third-order valence-electron chi connectivity index (χ3n) is 3.08. The van der Waals surface area contributed by atoms with Crippen molar-refractivity contribution in [3.05, 3.63) is 24.0 Å². The van der Waals surface area contributed by atoms with E-state index in [4.69, 9.17) is 0 Å². The van der Waals surface area contributed by atoms with Gasteiger partial charge in [0.05, 0.1) is 23.9 Å². The number of hydrogen-bond donors (Lipinski definition) is 3. The van der Waals surface area contributed by atoms with Gasteiger partial charge in [-0.25, -0.2) is 0 Å². The predicted octanol–water partition coefficient (Wildman–Crippen LogP) is 1.07. The van der Waals surface area contributed by atoms with Crippen molar-refractivity contribution >= 4 is 5.91 Å². The highest BCUT2D eigenvalue weighted by Crippen LogP contribution is 2.18. The monoisotopic (exact) mass is 238 g/mol. The van der Waals surface area contributed by atoms with Gasteiger partial charge in [0.25, 0.3) is 5.91 Å². The first-order valence-electron chi connectivity index (χ1n) is 5.65. The number of aliphatic hydroxyl groups is 1. The maximum atomic E-state index is 11.9. The summed E-state index contributed by atoms with van der Waals surface area (Å²) in [6, 6.07) is 1.44. The molecular formula is C12H18N2O3. The molecule has 0 radical (unpaired) electrons. The molecule has 0 aromatic carbocycles. The average Bonchev–Trinajstić information content (AvgIpc) is 2.36. The summed E-state index contributed by atoms with van der Waals surface area (Å²) in [6.07, 6.45) is 3.90. The maximum Gasteiger partial charge on any atom is 0.255 e. The highest BCUT2D eigenvalue weighted by Gasteiger charge is 2.28. The van der Waals surface area contributed by atoms with E-state index in [2.05, 4.69) is 10.3 Å². The van der Waals surface area contributed by atoms with Gasteiger partial charge in [-0.3, -0.25) is 9.78 Å². The first-order valence-corrected chi connectivity index (χ1v) is 5.65. The molecule has 0 fully saturated rings. The Bertz CT molecular complexity index is 381. The molecule has 1 aromatic rings. The van der Waals surface area contributed by atoms with Crippen LogP contribution in [0.1, 0.15) is 37.0 Å². The van der Waals surface area contributed by atoms with Crippen LogP contribution in [-0.2, 0) is 0 Å². The number of carbonyl (C=O) groups is 1. The molecule has 17 heavy (non-hydrogen) atoms. The summed E-state index contributed by atoms with van der Waals surface area (Å²) in [7, 11) is 0.